The lowest BCUT2D eigenvalue weighted by molar-refractivity contribution is -0.119. The van der Waals surface area contributed by atoms with Crippen molar-refractivity contribution in [2.75, 3.05) is 13.1 Å². The number of hydrogen-bond acceptors (Lipinski definition) is 3. The summed E-state index contributed by atoms with van der Waals surface area (Å²) in [5, 5.41) is 0. The van der Waals surface area contributed by atoms with E-state index in [0.717, 1.165) is 19.4 Å². The molecule has 0 fully saturated rings. The minimum Gasteiger partial charge on any atom is -0.393 e. The molecule has 0 aromatic rings. The molecule has 5 heteroatoms. The smallest absolute Gasteiger partial charge is 0.231 e. The number of nitrogens with two attached hydrogens (primary N) is 2. The molecule has 1 amide bonds. The summed E-state index contributed by atoms with van der Waals surface area (Å²) in [7, 11) is 0. The van der Waals surface area contributed by atoms with Gasteiger partial charge in [-0.15, -0.1) is 0 Å². The van der Waals surface area contributed by atoms with Gasteiger partial charge in [-0.2, -0.15) is 0 Å². The summed E-state index contributed by atoms with van der Waals surface area (Å²) in [5.74, 6) is -0.305. The van der Waals surface area contributed by atoms with Crippen LogP contribution in [0.15, 0.2) is 0 Å². The molecule has 0 aliphatic rings. The number of carbonyl (C=O) groups is 1. The summed E-state index contributed by atoms with van der Waals surface area (Å²) in [5.41, 5.74) is 10.7. The predicted molar refractivity (Wildman–Crippen MR) is 66.5 cm³/mol. The van der Waals surface area contributed by atoms with Gasteiger partial charge in [-0.25, -0.2) is 0 Å². The molecule has 0 bridgehead atoms. The molecule has 4 nitrogen and oxygen atoms in total. The zero-order chi connectivity index (χ0) is 11.8. The van der Waals surface area contributed by atoms with E-state index in [4.69, 9.17) is 23.7 Å². The fourth-order valence-corrected chi connectivity index (χ4v) is 1.68. The van der Waals surface area contributed by atoms with Gasteiger partial charge in [-0.3, -0.25) is 9.69 Å². The fourth-order valence-electron chi connectivity index (χ4n) is 1.44. The molecule has 4 N–H and O–H groups in total. The van der Waals surface area contributed by atoms with Crippen molar-refractivity contribution in [3.8, 4) is 0 Å². The lowest BCUT2D eigenvalue weighted by Gasteiger charge is -2.27. The van der Waals surface area contributed by atoms with E-state index in [1.165, 1.54) is 0 Å². The van der Waals surface area contributed by atoms with Gasteiger partial charge < -0.3 is 11.5 Å². The maximum Gasteiger partial charge on any atom is 0.231 e. The number of hydrogen-bond donors (Lipinski definition) is 2. The second-order valence-corrected chi connectivity index (χ2v) is 4.33. The summed E-state index contributed by atoms with van der Waals surface area (Å²) in [6, 6.07) is 0.182. The first-order valence-electron chi connectivity index (χ1n) is 5.28. The Morgan fingerprint density at radius 2 is 2.07 bits per heavy atom. The van der Waals surface area contributed by atoms with Crippen LogP contribution in [0.2, 0.25) is 0 Å². The van der Waals surface area contributed by atoms with Crippen molar-refractivity contribution in [2.45, 2.75) is 39.2 Å². The standard InChI is InChI=1S/C10H21N3OS/c1-3-4-5-13(7-9(11)14)8(2)6-10(12)15/h8H,3-7H2,1-2H3,(H2,11,14)(H2,12,15). The molecule has 15 heavy (non-hydrogen) atoms. The van der Waals surface area contributed by atoms with Gasteiger partial charge in [0, 0.05) is 12.5 Å². The number of thiocarbonyl (C=S) groups is 1. The molecule has 0 aliphatic heterocycles. The number of unbranched alkanes of at least 4 members (excludes halogenated alkanes) is 1. The summed E-state index contributed by atoms with van der Waals surface area (Å²) in [6.45, 7) is 5.27. The van der Waals surface area contributed by atoms with Crippen LogP contribution in [0, 0.1) is 0 Å². The van der Waals surface area contributed by atoms with Gasteiger partial charge >= 0.3 is 0 Å². The minimum atomic E-state index is -0.305. The lowest BCUT2D eigenvalue weighted by atomic mass is 10.2. The average Bonchev–Trinajstić information content (AvgIpc) is 2.10. The normalized spacial score (nSPS) is 12.7. The van der Waals surface area contributed by atoms with Crippen LogP contribution >= 0.6 is 12.2 Å². The van der Waals surface area contributed by atoms with Crippen LogP contribution in [0.4, 0.5) is 0 Å². The van der Waals surface area contributed by atoms with Crippen LogP contribution < -0.4 is 11.5 Å². The molecule has 0 aromatic heterocycles. The van der Waals surface area contributed by atoms with Crippen LogP contribution in [0.25, 0.3) is 0 Å². The maximum absolute atomic E-state index is 10.9. The number of nitrogens with zero attached hydrogens (tertiary/aromatic N) is 1. The molecule has 0 spiro atoms. The van der Waals surface area contributed by atoms with Crippen molar-refractivity contribution in [2.24, 2.45) is 11.5 Å². The monoisotopic (exact) mass is 231 g/mol. The van der Waals surface area contributed by atoms with E-state index < -0.39 is 0 Å². The largest absolute Gasteiger partial charge is 0.393 e. The minimum absolute atomic E-state index is 0.182. The van der Waals surface area contributed by atoms with Gasteiger partial charge in [0.15, 0.2) is 0 Å². The number of amides is 1. The first-order valence-corrected chi connectivity index (χ1v) is 5.68. The molecule has 0 heterocycles. The Balaban J connectivity index is 4.19. The molecule has 0 saturated heterocycles. The highest BCUT2D eigenvalue weighted by Crippen LogP contribution is 2.05. The highest BCUT2D eigenvalue weighted by atomic mass is 32.1. The van der Waals surface area contributed by atoms with Gasteiger partial charge in [-0.1, -0.05) is 25.6 Å². The quantitative estimate of drug-likeness (QED) is 0.601. The summed E-state index contributed by atoms with van der Waals surface area (Å²) in [6.07, 6.45) is 2.77. The first kappa shape index (κ1) is 14.3. The Morgan fingerprint density at radius 3 is 2.47 bits per heavy atom. The fraction of sp³-hybridized carbons (Fsp3) is 0.800. The van der Waals surface area contributed by atoms with Crippen molar-refractivity contribution in [3.63, 3.8) is 0 Å². The van der Waals surface area contributed by atoms with Crippen molar-refractivity contribution in [3.05, 3.63) is 0 Å². The highest BCUT2D eigenvalue weighted by molar-refractivity contribution is 7.80. The molecule has 1 atom stereocenters. The molecule has 0 rings (SSSR count). The van der Waals surface area contributed by atoms with Crippen LogP contribution in [0.3, 0.4) is 0 Å². The maximum atomic E-state index is 10.9. The Kier molecular flexibility index (Phi) is 7.25. The molecule has 88 valence electrons. The van der Waals surface area contributed by atoms with E-state index in [1.807, 2.05) is 11.8 Å². The second-order valence-electron chi connectivity index (χ2n) is 3.81. The zero-order valence-electron chi connectivity index (χ0n) is 9.53. The Labute approximate surface area is 97.0 Å². The van der Waals surface area contributed by atoms with Gasteiger partial charge in [0.25, 0.3) is 0 Å². The summed E-state index contributed by atoms with van der Waals surface area (Å²) >= 11 is 4.85. The van der Waals surface area contributed by atoms with Crippen LogP contribution in [-0.2, 0) is 4.79 Å². The van der Waals surface area contributed by atoms with E-state index in [2.05, 4.69) is 6.92 Å². The van der Waals surface area contributed by atoms with Crippen molar-refractivity contribution in [1.82, 2.24) is 4.90 Å². The van der Waals surface area contributed by atoms with E-state index in [0.29, 0.717) is 11.4 Å². The lowest BCUT2D eigenvalue weighted by Crippen LogP contribution is -2.42. The molecule has 0 aromatic carbocycles. The van der Waals surface area contributed by atoms with Gasteiger partial charge in [0.2, 0.25) is 5.91 Å². The molecular weight excluding hydrogens is 210 g/mol. The SMILES string of the molecule is CCCCN(CC(N)=O)C(C)CC(N)=S. The Morgan fingerprint density at radius 1 is 1.47 bits per heavy atom. The number of carbonyl (C=O) groups excluding carboxylic acids is 1. The Hall–Kier alpha value is -0.680. The molecule has 0 saturated carbocycles. The van der Waals surface area contributed by atoms with E-state index in [-0.39, 0.29) is 18.5 Å². The second kappa shape index (κ2) is 7.59. The van der Waals surface area contributed by atoms with Crippen LogP contribution in [0.5, 0.6) is 0 Å². The summed E-state index contributed by atoms with van der Waals surface area (Å²) in [4.78, 5) is 13.4. The number of primary amides is 1. The summed E-state index contributed by atoms with van der Waals surface area (Å²) < 4.78 is 0. The van der Waals surface area contributed by atoms with Crippen molar-refractivity contribution < 1.29 is 4.79 Å². The third kappa shape index (κ3) is 7.27. The third-order valence-electron chi connectivity index (χ3n) is 2.28. The molecule has 0 aliphatic carbocycles. The van der Waals surface area contributed by atoms with E-state index in [9.17, 15) is 4.79 Å². The molecule has 0 radical (unpaired) electrons. The van der Waals surface area contributed by atoms with Gasteiger partial charge in [-0.05, 0) is 19.9 Å². The Bertz CT molecular complexity index is 221. The van der Waals surface area contributed by atoms with Crippen LogP contribution in [-0.4, -0.2) is 34.9 Å². The van der Waals surface area contributed by atoms with E-state index >= 15 is 0 Å². The topological polar surface area (TPSA) is 72.3 Å². The van der Waals surface area contributed by atoms with Crippen molar-refractivity contribution >= 4 is 23.1 Å². The van der Waals surface area contributed by atoms with E-state index in [1.54, 1.807) is 0 Å². The van der Waals surface area contributed by atoms with Gasteiger partial charge in [0.1, 0.15) is 0 Å². The van der Waals surface area contributed by atoms with Gasteiger partial charge in [0.05, 0.1) is 11.5 Å². The zero-order valence-corrected chi connectivity index (χ0v) is 10.3. The number of rotatable bonds is 8. The molecular formula is C10H21N3OS. The molecule has 1 unspecified atom stereocenters. The third-order valence-corrected chi connectivity index (χ3v) is 2.44. The predicted octanol–water partition coefficient (Wildman–Crippen LogP) is 0.638. The average molecular weight is 231 g/mol. The van der Waals surface area contributed by atoms with Crippen molar-refractivity contribution in [1.29, 1.82) is 0 Å². The van der Waals surface area contributed by atoms with Crippen LogP contribution in [0.1, 0.15) is 33.1 Å². The first-order chi connectivity index (χ1) is 6.97. The highest BCUT2D eigenvalue weighted by Gasteiger charge is 2.15.